The van der Waals surface area contributed by atoms with Gasteiger partial charge in [0.15, 0.2) is 23.9 Å². The Bertz CT molecular complexity index is 717. The van der Waals surface area contributed by atoms with Crippen LogP contribution in [-0.4, -0.2) is 26.1 Å². The maximum atomic E-state index is 12.2. The monoisotopic (exact) mass is 311 g/mol. The lowest BCUT2D eigenvalue weighted by molar-refractivity contribution is 0.0919. The summed E-state index contributed by atoms with van der Waals surface area (Å²) in [5.74, 6) is 1.41. The standard InChI is InChI=1S/C18H17NO4/c1-3-22-15-7-5-14(6-8-15)16(20)12-23-17-9-4-13(11-19)10-18(17)21-2/h4-10H,3,12H2,1-2H3. The molecule has 0 unspecified atom stereocenters. The number of ketones is 1. The zero-order chi connectivity index (χ0) is 16.7. The number of rotatable bonds is 7. The summed E-state index contributed by atoms with van der Waals surface area (Å²) >= 11 is 0. The van der Waals surface area contributed by atoms with Crippen LogP contribution in [0.15, 0.2) is 42.5 Å². The van der Waals surface area contributed by atoms with E-state index in [1.807, 2.05) is 13.0 Å². The fourth-order valence-corrected chi connectivity index (χ4v) is 1.99. The second kappa shape index (κ2) is 7.85. The lowest BCUT2D eigenvalue weighted by Crippen LogP contribution is -2.12. The van der Waals surface area contributed by atoms with Crippen molar-refractivity contribution in [2.45, 2.75) is 6.92 Å². The molecule has 2 aromatic rings. The van der Waals surface area contributed by atoms with Crippen molar-refractivity contribution in [3.8, 4) is 23.3 Å². The molecule has 0 radical (unpaired) electrons. The van der Waals surface area contributed by atoms with E-state index in [1.165, 1.54) is 7.11 Å². The number of ether oxygens (including phenoxy) is 3. The van der Waals surface area contributed by atoms with Crippen LogP contribution in [0, 0.1) is 11.3 Å². The molecule has 23 heavy (non-hydrogen) atoms. The first kappa shape index (κ1) is 16.4. The number of hydrogen-bond donors (Lipinski definition) is 0. The van der Waals surface area contributed by atoms with E-state index in [2.05, 4.69) is 0 Å². The number of benzene rings is 2. The highest BCUT2D eigenvalue weighted by molar-refractivity contribution is 5.97. The Labute approximate surface area is 135 Å². The van der Waals surface area contributed by atoms with Crippen molar-refractivity contribution < 1.29 is 19.0 Å². The molecular weight excluding hydrogens is 294 g/mol. The predicted molar refractivity (Wildman–Crippen MR) is 85.1 cm³/mol. The van der Waals surface area contributed by atoms with E-state index in [1.54, 1.807) is 42.5 Å². The first-order valence-electron chi connectivity index (χ1n) is 7.15. The van der Waals surface area contributed by atoms with Crippen LogP contribution < -0.4 is 14.2 Å². The summed E-state index contributed by atoms with van der Waals surface area (Å²) in [6, 6.07) is 13.7. The molecular formula is C18H17NO4. The van der Waals surface area contributed by atoms with Crippen LogP contribution in [-0.2, 0) is 0 Å². The van der Waals surface area contributed by atoms with Gasteiger partial charge in [0.05, 0.1) is 25.3 Å². The van der Waals surface area contributed by atoms with Gasteiger partial charge in [0.1, 0.15) is 5.75 Å². The Morgan fingerprint density at radius 2 is 1.83 bits per heavy atom. The van der Waals surface area contributed by atoms with Crippen molar-refractivity contribution in [1.29, 1.82) is 5.26 Å². The highest BCUT2D eigenvalue weighted by Gasteiger charge is 2.10. The summed E-state index contributed by atoms with van der Waals surface area (Å²) in [5.41, 5.74) is 1.01. The second-order valence-electron chi connectivity index (χ2n) is 4.65. The minimum Gasteiger partial charge on any atom is -0.494 e. The number of nitriles is 1. The molecule has 0 saturated carbocycles. The zero-order valence-corrected chi connectivity index (χ0v) is 13.0. The van der Waals surface area contributed by atoms with Gasteiger partial charge in [-0.15, -0.1) is 0 Å². The summed E-state index contributed by atoms with van der Waals surface area (Å²) in [6.07, 6.45) is 0. The van der Waals surface area contributed by atoms with E-state index in [9.17, 15) is 4.79 Å². The van der Waals surface area contributed by atoms with Crippen LogP contribution in [0.1, 0.15) is 22.8 Å². The average molecular weight is 311 g/mol. The first-order chi connectivity index (χ1) is 11.2. The van der Waals surface area contributed by atoms with Crippen molar-refractivity contribution in [3.63, 3.8) is 0 Å². The van der Waals surface area contributed by atoms with Crippen molar-refractivity contribution in [2.75, 3.05) is 20.3 Å². The van der Waals surface area contributed by atoms with E-state index in [0.29, 0.717) is 29.2 Å². The summed E-state index contributed by atoms with van der Waals surface area (Å²) in [7, 11) is 1.48. The highest BCUT2D eigenvalue weighted by Crippen LogP contribution is 2.28. The highest BCUT2D eigenvalue weighted by atomic mass is 16.5. The van der Waals surface area contributed by atoms with Gasteiger partial charge in [-0.25, -0.2) is 0 Å². The molecule has 0 saturated heterocycles. The third-order valence-electron chi connectivity index (χ3n) is 3.14. The molecule has 0 aliphatic carbocycles. The van der Waals surface area contributed by atoms with E-state index in [4.69, 9.17) is 19.5 Å². The number of carbonyl (C=O) groups is 1. The van der Waals surface area contributed by atoms with Crippen molar-refractivity contribution in [2.24, 2.45) is 0 Å². The zero-order valence-electron chi connectivity index (χ0n) is 13.0. The lowest BCUT2D eigenvalue weighted by Gasteiger charge is -2.10. The fourth-order valence-electron chi connectivity index (χ4n) is 1.99. The van der Waals surface area contributed by atoms with Gasteiger partial charge in [0, 0.05) is 11.6 Å². The van der Waals surface area contributed by atoms with Crippen LogP contribution in [0.3, 0.4) is 0 Å². The predicted octanol–water partition coefficient (Wildman–Crippen LogP) is 3.23. The summed E-state index contributed by atoms with van der Waals surface area (Å²) < 4.78 is 16.0. The molecule has 118 valence electrons. The molecule has 5 heteroatoms. The molecule has 0 atom stereocenters. The SMILES string of the molecule is CCOc1ccc(C(=O)COc2ccc(C#N)cc2OC)cc1. The molecule has 0 amide bonds. The van der Waals surface area contributed by atoms with Gasteiger partial charge in [-0.2, -0.15) is 5.26 Å². The van der Waals surface area contributed by atoms with Crippen LogP contribution in [0.25, 0.3) is 0 Å². The van der Waals surface area contributed by atoms with Crippen molar-refractivity contribution in [3.05, 3.63) is 53.6 Å². The average Bonchev–Trinajstić information content (AvgIpc) is 2.60. The number of Topliss-reactive ketones (excluding diaryl/α,β-unsaturated/α-hetero) is 1. The molecule has 0 aliphatic heterocycles. The second-order valence-corrected chi connectivity index (χ2v) is 4.65. The van der Waals surface area contributed by atoms with Crippen molar-refractivity contribution >= 4 is 5.78 Å². The van der Waals surface area contributed by atoms with Gasteiger partial charge < -0.3 is 14.2 Å². The number of hydrogen-bond acceptors (Lipinski definition) is 5. The Kier molecular flexibility index (Phi) is 5.59. The third-order valence-corrected chi connectivity index (χ3v) is 3.14. The molecule has 5 nitrogen and oxygen atoms in total. The largest absolute Gasteiger partial charge is 0.494 e. The lowest BCUT2D eigenvalue weighted by atomic mass is 10.1. The van der Waals surface area contributed by atoms with Crippen LogP contribution in [0.5, 0.6) is 17.2 Å². The molecule has 0 N–H and O–H groups in total. The van der Waals surface area contributed by atoms with E-state index in [0.717, 1.165) is 5.75 Å². The smallest absolute Gasteiger partial charge is 0.200 e. The first-order valence-corrected chi connectivity index (χ1v) is 7.15. The third kappa shape index (κ3) is 4.24. The van der Waals surface area contributed by atoms with Gasteiger partial charge in [-0.3, -0.25) is 4.79 Å². The van der Waals surface area contributed by atoms with Crippen LogP contribution in [0.2, 0.25) is 0 Å². The molecule has 0 aromatic heterocycles. The van der Waals surface area contributed by atoms with Gasteiger partial charge in [-0.1, -0.05) is 0 Å². The van der Waals surface area contributed by atoms with Gasteiger partial charge in [0.25, 0.3) is 0 Å². The minimum atomic E-state index is -0.153. The van der Waals surface area contributed by atoms with Gasteiger partial charge in [-0.05, 0) is 43.3 Å². The number of carbonyl (C=O) groups excluding carboxylic acids is 1. The van der Waals surface area contributed by atoms with E-state index in [-0.39, 0.29) is 12.4 Å². The van der Waals surface area contributed by atoms with Crippen molar-refractivity contribution in [1.82, 2.24) is 0 Å². The number of methoxy groups -OCH3 is 1. The summed E-state index contributed by atoms with van der Waals surface area (Å²) in [6.45, 7) is 2.36. The molecule has 2 rings (SSSR count). The van der Waals surface area contributed by atoms with Gasteiger partial charge in [0.2, 0.25) is 0 Å². The quantitative estimate of drug-likeness (QED) is 0.734. The van der Waals surface area contributed by atoms with Crippen LogP contribution >= 0.6 is 0 Å². The molecule has 0 aliphatic rings. The van der Waals surface area contributed by atoms with E-state index < -0.39 is 0 Å². The number of nitrogens with zero attached hydrogens (tertiary/aromatic N) is 1. The van der Waals surface area contributed by atoms with Crippen LogP contribution in [0.4, 0.5) is 0 Å². The Hall–Kier alpha value is -3.00. The Morgan fingerprint density at radius 1 is 1.09 bits per heavy atom. The molecule has 0 spiro atoms. The molecule has 2 aromatic carbocycles. The molecule has 0 heterocycles. The minimum absolute atomic E-state index is 0.115. The van der Waals surface area contributed by atoms with E-state index >= 15 is 0 Å². The Balaban J connectivity index is 2.03. The maximum Gasteiger partial charge on any atom is 0.200 e. The molecule has 0 fully saturated rings. The fraction of sp³-hybridized carbons (Fsp3) is 0.222. The van der Waals surface area contributed by atoms with Gasteiger partial charge >= 0.3 is 0 Å². The normalized spacial score (nSPS) is 9.78. The Morgan fingerprint density at radius 3 is 2.43 bits per heavy atom. The molecule has 0 bridgehead atoms. The maximum absolute atomic E-state index is 12.2. The topological polar surface area (TPSA) is 68.5 Å². The summed E-state index contributed by atoms with van der Waals surface area (Å²) in [5, 5.41) is 8.87. The summed E-state index contributed by atoms with van der Waals surface area (Å²) in [4.78, 5) is 12.2.